The van der Waals surface area contributed by atoms with E-state index in [0.29, 0.717) is 5.56 Å². The predicted octanol–water partition coefficient (Wildman–Crippen LogP) is 0.00530. The van der Waals surface area contributed by atoms with Crippen LogP contribution in [0.2, 0.25) is 0 Å². The van der Waals surface area contributed by atoms with Crippen molar-refractivity contribution in [3.63, 3.8) is 0 Å². The van der Waals surface area contributed by atoms with Gasteiger partial charge in [0, 0.05) is 6.42 Å². The maximum Gasteiger partial charge on any atom is 0.335 e. The number of amides is 1. The third-order valence-electron chi connectivity index (χ3n) is 4.55. The molecular weight excluding hydrogens is 414 g/mol. The molecule has 1 fully saturated rings. The van der Waals surface area contributed by atoms with Crippen LogP contribution in [0, 0.1) is 5.92 Å². The van der Waals surface area contributed by atoms with E-state index in [-0.39, 0.29) is 36.3 Å². The van der Waals surface area contributed by atoms with E-state index >= 15 is 0 Å². The summed E-state index contributed by atoms with van der Waals surface area (Å²) in [5, 5.41) is 41.6. The van der Waals surface area contributed by atoms with Crippen LogP contribution in [0.15, 0.2) is 18.2 Å². The zero-order valence-corrected chi connectivity index (χ0v) is 17.3. The molecule has 0 spiro atoms. The minimum absolute atomic E-state index is 0.0116. The number of ether oxygens (including phenoxy) is 3. The van der Waals surface area contributed by atoms with Crippen LogP contribution in [0.5, 0.6) is 5.75 Å². The van der Waals surface area contributed by atoms with Gasteiger partial charge in [-0.25, -0.2) is 4.79 Å². The number of hydrogen-bond acceptors (Lipinski definition) is 9. The van der Waals surface area contributed by atoms with Gasteiger partial charge in [0.15, 0.2) is 6.10 Å². The number of rotatable bonds is 8. The second kappa shape index (κ2) is 10.5. The van der Waals surface area contributed by atoms with Crippen molar-refractivity contribution in [1.82, 2.24) is 0 Å². The Morgan fingerprint density at radius 2 is 1.81 bits per heavy atom. The summed E-state index contributed by atoms with van der Waals surface area (Å²) in [6, 6.07) is 4.44. The molecule has 0 radical (unpaired) electrons. The minimum Gasteiger partial charge on any atom is -0.479 e. The first-order chi connectivity index (χ1) is 14.5. The minimum atomic E-state index is -1.86. The van der Waals surface area contributed by atoms with Crippen LogP contribution in [0.25, 0.3) is 0 Å². The van der Waals surface area contributed by atoms with Gasteiger partial charge in [-0.3, -0.25) is 9.59 Å². The van der Waals surface area contributed by atoms with Crippen LogP contribution >= 0.6 is 0 Å². The Bertz CT molecular complexity index is 811. The molecule has 1 aliphatic rings. The van der Waals surface area contributed by atoms with Gasteiger partial charge >= 0.3 is 11.9 Å². The van der Waals surface area contributed by atoms with E-state index in [2.05, 4.69) is 5.32 Å². The third-order valence-corrected chi connectivity index (χ3v) is 4.55. The molecule has 0 aliphatic carbocycles. The number of aliphatic hydroxyl groups excluding tert-OH is 3. The Labute approximate surface area is 178 Å². The van der Waals surface area contributed by atoms with E-state index < -0.39 is 42.6 Å². The number of anilines is 1. The van der Waals surface area contributed by atoms with Crippen LogP contribution in [-0.4, -0.2) is 69.0 Å². The van der Waals surface area contributed by atoms with Crippen molar-refractivity contribution >= 4 is 23.5 Å². The van der Waals surface area contributed by atoms with Crippen molar-refractivity contribution < 1.29 is 49.0 Å². The van der Waals surface area contributed by atoms with Crippen LogP contribution in [0.1, 0.15) is 32.8 Å². The smallest absolute Gasteiger partial charge is 0.335 e. The first-order valence-electron chi connectivity index (χ1n) is 9.73. The normalized spacial score (nSPS) is 25.7. The summed E-state index contributed by atoms with van der Waals surface area (Å²) in [4.78, 5) is 34.8. The largest absolute Gasteiger partial charge is 0.479 e. The van der Waals surface area contributed by atoms with E-state index in [1.54, 1.807) is 26.8 Å². The standard InChI is InChI=1S/C20H27NO10/c1-4-13(22)21-11-7-10(8-29-19(28)9(2)3)5-6-12(11)30-20-16(25)14(23)15(24)17(31-20)18(26)27/h5-7,9,14-17,20,23-25H,4,8H2,1-3H3,(H,21,22)(H,26,27)/t14-,15-,16+,17-,20+/m0/s1. The molecule has 172 valence electrons. The molecule has 11 heteroatoms. The number of esters is 1. The highest BCUT2D eigenvalue weighted by Crippen LogP contribution is 2.31. The molecule has 1 saturated heterocycles. The van der Waals surface area contributed by atoms with Gasteiger partial charge in [-0.05, 0) is 17.7 Å². The Balaban J connectivity index is 2.26. The quantitative estimate of drug-likeness (QED) is 0.346. The number of aliphatic hydroxyl groups is 3. The lowest BCUT2D eigenvalue weighted by Crippen LogP contribution is -2.61. The van der Waals surface area contributed by atoms with Crippen molar-refractivity contribution in [3.8, 4) is 5.75 Å². The molecule has 11 nitrogen and oxygen atoms in total. The molecule has 0 unspecified atom stereocenters. The van der Waals surface area contributed by atoms with Gasteiger partial charge in [-0.2, -0.15) is 0 Å². The van der Waals surface area contributed by atoms with Crippen molar-refractivity contribution in [2.45, 2.75) is 64.5 Å². The van der Waals surface area contributed by atoms with Crippen molar-refractivity contribution in [1.29, 1.82) is 0 Å². The van der Waals surface area contributed by atoms with E-state index in [1.807, 2.05) is 0 Å². The Hall–Kier alpha value is -2.73. The number of carboxylic acids is 1. The number of hydrogen-bond donors (Lipinski definition) is 5. The van der Waals surface area contributed by atoms with Crippen LogP contribution in [-0.2, 0) is 30.5 Å². The molecule has 5 N–H and O–H groups in total. The molecule has 0 bridgehead atoms. The van der Waals surface area contributed by atoms with Gasteiger partial charge in [0.05, 0.1) is 11.6 Å². The second-order valence-electron chi connectivity index (χ2n) is 7.35. The van der Waals surface area contributed by atoms with E-state index in [9.17, 15) is 29.7 Å². The fourth-order valence-electron chi connectivity index (χ4n) is 2.70. The zero-order chi connectivity index (χ0) is 23.3. The lowest BCUT2D eigenvalue weighted by atomic mass is 9.99. The zero-order valence-electron chi connectivity index (χ0n) is 17.3. The molecule has 0 aromatic heterocycles. The van der Waals surface area contributed by atoms with Gasteiger partial charge in [-0.1, -0.05) is 26.8 Å². The topological polar surface area (TPSA) is 172 Å². The number of aliphatic carboxylic acids is 1. The average molecular weight is 441 g/mol. The summed E-state index contributed by atoms with van der Waals surface area (Å²) in [5.41, 5.74) is 0.699. The maximum atomic E-state index is 11.9. The summed E-state index contributed by atoms with van der Waals surface area (Å²) < 4.78 is 15.8. The molecule has 2 rings (SSSR count). The van der Waals surface area contributed by atoms with Crippen molar-refractivity contribution in [2.75, 3.05) is 5.32 Å². The first kappa shape index (κ1) is 24.5. The summed E-state index contributed by atoms with van der Waals surface area (Å²) in [6.07, 6.45) is -8.76. The van der Waals surface area contributed by atoms with Crippen molar-refractivity contribution in [2.24, 2.45) is 5.92 Å². The number of carbonyl (C=O) groups excluding carboxylic acids is 2. The fourth-order valence-corrected chi connectivity index (χ4v) is 2.70. The van der Waals surface area contributed by atoms with Crippen LogP contribution < -0.4 is 10.1 Å². The Morgan fingerprint density at radius 3 is 2.39 bits per heavy atom. The SMILES string of the molecule is CCC(=O)Nc1cc(COC(=O)C(C)C)ccc1O[C@@H]1O[C@H](C(=O)O)[C@@H](O)[C@H](O)[C@H]1O. The van der Waals surface area contributed by atoms with E-state index in [1.165, 1.54) is 12.1 Å². The lowest BCUT2D eigenvalue weighted by Gasteiger charge is -2.38. The lowest BCUT2D eigenvalue weighted by molar-refractivity contribution is -0.271. The van der Waals surface area contributed by atoms with E-state index in [4.69, 9.17) is 19.3 Å². The van der Waals surface area contributed by atoms with Gasteiger partial charge in [-0.15, -0.1) is 0 Å². The van der Waals surface area contributed by atoms with E-state index in [0.717, 1.165) is 0 Å². The number of nitrogens with one attached hydrogen (secondary N) is 1. The highest BCUT2D eigenvalue weighted by Gasteiger charge is 2.48. The Kier molecular flexibility index (Phi) is 8.34. The fraction of sp³-hybridized carbons (Fsp3) is 0.550. The molecular formula is C20H27NO10. The summed E-state index contributed by atoms with van der Waals surface area (Å²) in [5.74, 6) is -2.60. The molecule has 0 saturated carbocycles. The number of benzene rings is 1. The van der Waals surface area contributed by atoms with Gasteiger partial charge in [0.2, 0.25) is 12.2 Å². The predicted molar refractivity (Wildman–Crippen MR) is 105 cm³/mol. The molecule has 31 heavy (non-hydrogen) atoms. The number of carboxylic acid groups (broad SMARTS) is 1. The molecule has 1 aromatic rings. The maximum absolute atomic E-state index is 11.9. The highest BCUT2D eigenvalue weighted by molar-refractivity contribution is 5.92. The summed E-state index contributed by atoms with van der Waals surface area (Å²) in [6.45, 7) is 4.96. The van der Waals surface area contributed by atoms with Gasteiger partial charge in [0.1, 0.15) is 30.7 Å². The Morgan fingerprint density at radius 1 is 1.13 bits per heavy atom. The van der Waals surface area contributed by atoms with Crippen LogP contribution in [0.4, 0.5) is 5.69 Å². The molecule has 1 heterocycles. The van der Waals surface area contributed by atoms with Crippen LogP contribution in [0.3, 0.4) is 0 Å². The van der Waals surface area contributed by atoms with Crippen molar-refractivity contribution in [3.05, 3.63) is 23.8 Å². The molecule has 1 aliphatic heterocycles. The number of carbonyl (C=O) groups is 3. The summed E-state index contributed by atoms with van der Waals surface area (Å²) in [7, 11) is 0. The van der Waals surface area contributed by atoms with Gasteiger partial charge in [0.25, 0.3) is 0 Å². The average Bonchev–Trinajstić information content (AvgIpc) is 2.73. The molecule has 5 atom stereocenters. The third kappa shape index (κ3) is 6.14. The molecule has 1 amide bonds. The molecule has 1 aromatic carbocycles. The highest BCUT2D eigenvalue weighted by atomic mass is 16.7. The second-order valence-corrected chi connectivity index (χ2v) is 7.35. The summed E-state index contributed by atoms with van der Waals surface area (Å²) >= 11 is 0. The first-order valence-corrected chi connectivity index (χ1v) is 9.73. The monoisotopic (exact) mass is 441 g/mol. The van der Waals surface area contributed by atoms with Gasteiger partial charge < -0.3 is 40.0 Å².